The van der Waals surface area contributed by atoms with Gasteiger partial charge in [0.15, 0.2) is 0 Å². The number of benzene rings is 3. The highest BCUT2D eigenvalue weighted by molar-refractivity contribution is 6.40. The molecule has 4 N–H and O–H groups in total. The van der Waals surface area contributed by atoms with Gasteiger partial charge in [0, 0.05) is 12.6 Å². The molecule has 1 aromatic heterocycles. The molecule has 13 heteroatoms. The van der Waals surface area contributed by atoms with Gasteiger partial charge in [0.25, 0.3) is 5.91 Å². The van der Waals surface area contributed by atoms with Crippen molar-refractivity contribution in [2.45, 2.75) is 19.3 Å². The number of nitrogens with two attached hydrogens (primary N) is 1. The zero-order chi connectivity index (χ0) is 30.4. The summed E-state index contributed by atoms with van der Waals surface area (Å²) in [6.07, 6.45) is 1.36. The predicted molar refractivity (Wildman–Crippen MR) is 166 cm³/mol. The molecule has 0 aliphatic heterocycles. The number of esters is 1. The Morgan fingerprint density at radius 1 is 1.10 bits per heavy atom. The first kappa shape index (κ1) is 30.8. The van der Waals surface area contributed by atoms with Gasteiger partial charge in [-0.25, -0.2) is 15.0 Å². The van der Waals surface area contributed by atoms with Crippen LogP contribution in [0.15, 0.2) is 58.5 Å². The number of amidine groups is 1. The molecule has 42 heavy (non-hydrogen) atoms. The number of methoxy groups -OCH3 is 2. The lowest BCUT2D eigenvalue weighted by Gasteiger charge is -2.18. The quantitative estimate of drug-likeness (QED) is 0.114. The van der Waals surface area contributed by atoms with Gasteiger partial charge in [0.1, 0.15) is 17.9 Å². The van der Waals surface area contributed by atoms with Crippen molar-refractivity contribution in [3.05, 3.63) is 86.1 Å². The topological polar surface area (TPSA) is 144 Å². The van der Waals surface area contributed by atoms with Crippen molar-refractivity contribution in [3.8, 4) is 5.75 Å². The molecule has 4 aromatic rings. The smallest absolute Gasteiger partial charge is 0.309 e. The molecule has 0 bridgehead atoms. The Balaban J connectivity index is 1.67. The van der Waals surface area contributed by atoms with Crippen molar-refractivity contribution in [3.63, 3.8) is 0 Å². The highest BCUT2D eigenvalue weighted by atomic mass is 35.5. The number of fused-ring (bicyclic) bond motifs is 1. The normalized spacial score (nSPS) is 12.5. The van der Waals surface area contributed by atoms with Gasteiger partial charge in [-0.05, 0) is 36.2 Å². The molecule has 218 valence electrons. The SMILES string of the molecule is COC(=O)Cc1cccc(C(CNC(=O)c2c(Cl)cc(N=CN=C(C)N)cc2Cl)c2nc3cc(OC)c(Cl)cc3[nH]2)c1. The second-order valence-electron chi connectivity index (χ2n) is 9.19. The number of aliphatic imine (C=N–C) groups is 2. The van der Waals surface area contributed by atoms with E-state index in [2.05, 4.69) is 20.3 Å². The standard InChI is InChI=1S/C29H27Cl3N6O4/c1-15(33)35-14-36-18-9-21(31)27(22(32)10-18)29(40)34-13-19(17-6-4-5-16(7-17)8-26(39)42-3)28-37-23-11-20(30)25(41-2)12-24(23)38-28/h4-7,9-12,14,19H,8,13H2,1-3H3,(H,34,40)(H,37,38)(H2,33,35,36). The van der Waals surface area contributed by atoms with E-state index in [4.69, 9.17) is 55.0 Å². The zero-order valence-corrected chi connectivity index (χ0v) is 25.1. The zero-order valence-electron chi connectivity index (χ0n) is 22.9. The van der Waals surface area contributed by atoms with Crippen LogP contribution in [-0.4, -0.2) is 54.8 Å². The number of hydrogen-bond donors (Lipinski definition) is 3. The molecule has 0 radical (unpaired) electrons. The number of carbonyl (C=O) groups excluding carboxylic acids is 2. The number of aromatic amines is 1. The van der Waals surface area contributed by atoms with Gasteiger partial charge in [-0.15, -0.1) is 0 Å². The third kappa shape index (κ3) is 7.39. The monoisotopic (exact) mass is 628 g/mol. The van der Waals surface area contributed by atoms with Crippen molar-refractivity contribution in [1.29, 1.82) is 0 Å². The summed E-state index contributed by atoms with van der Waals surface area (Å²) in [5.74, 6) is 0.0561. The van der Waals surface area contributed by atoms with Crippen molar-refractivity contribution < 1.29 is 19.1 Å². The largest absolute Gasteiger partial charge is 0.495 e. The van der Waals surface area contributed by atoms with Crippen LogP contribution in [0.25, 0.3) is 11.0 Å². The number of imidazole rings is 1. The van der Waals surface area contributed by atoms with E-state index < -0.39 is 11.8 Å². The summed E-state index contributed by atoms with van der Waals surface area (Å²) in [5.41, 5.74) is 8.87. The van der Waals surface area contributed by atoms with Gasteiger partial charge in [0.05, 0.1) is 69.7 Å². The Bertz CT molecular complexity index is 1680. The highest BCUT2D eigenvalue weighted by Gasteiger charge is 2.23. The summed E-state index contributed by atoms with van der Waals surface area (Å²) < 4.78 is 10.1. The first-order valence-corrected chi connectivity index (χ1v) is 13.7. The molecule has 0 aliphatic rings. The van der Waals surface area contributed by atoms with Gasteiger partial charge in [-0.2, -0.15) is 0 Å². The first-order valence-electron chi connectivity index (χ1n) is 12.6. The molecule has 0 saturated carbocycles. The van der Waals surface area contributed by atoms with Crippen LogP contribution in [0.2, 0.25) is 15.1 Å². The van der Waals surface area contributed by atoms with E-state index in [-0.39, 0.29) is 34.5 Å². The average Bonchev–Trinajstić information content (AvgIpc) is 3.34. The Hall–Kier alpha value is -4.12. The molecule has 0 aliphatic carbocycles. The van der Waals surface area contributed by atoms with Crippen LogP contribution in [0.3, 0.4) is 0 Å². The van der Waals surface area contributed by atoms with Crippen molar-refractivity contribution in [2.24, 2.45) is 15.7 Å². The van der Waals surface area contributed by atoms with Crippen LogP contribution in [-0.2, 0) is 16.0 Å². The van der Waals surface area contributed by atoms with Crippen molar-refractivity contribution in [2.75, 3.05) is 20.8 Å². The third-order valence-electron chi connectivity index (χ3n) is 6.22. The van der Waals surface area contributed by atoms with Gasteiger partial charge in [-0.1, -0.05) is 59.1 Å². The van der Waals surface area contributed by atoms with Crippen LogP contribution in [0.1, 0.15) is 40.2 Å². The number of hydrogen-bond acceptors (Lipinski definition) is 6. The first-order chi connectivity index (χ1) is 20.1. The molecular formula is C29H27Cl3N6O4. The summed E-state index contributed by atoms with van der Waals surface area (Å²) in [5, 5.41) is 3.57. The predicted octanol–water partition coefficient (Wildman–Crippen LogP) is 5.85. The number of nitrogens with one attached hydrogen (secondary N) is 2. The number of amides is 1. The fraction of sp³-hybridized carbons (Fsp3) is 0.207. The van der Waals surface area contributed by atoms with E-state index >= 15 is 0 Å². The second-order valence-corrected chi connectivity index (χ2v) is 10.4. The summed E-state index contributed by atoms with van der Waals surface area (Å²) in [7, 11) is 2.86. The molecule has 0 spiro atoms. The van der Waals surface area contributed by atoms with E-state index in [1.807, 2.05) is 24.3 Å². The molecule has 0 fully saturated rings. The van der Waals surface area contributed by atoms with Crippen LogP contribution >= 0.6 is 34.8 Å². The van der Waals surface area contributed by atoms with Crippen LogP contribution < -0.4 is 15.8 Å². The van der Waals surface area contributed by atoms with Gasteiger partial charge < -0.3 is 25.5 Å². The van der Waals surface area contributed by atoms with E-state index in [0.717, 1.165) is 11.1 Å². The lowest BCUT2D eigenvalue weighted by molar-refractivity contribution is -0.139. The third-order valence-corrected chi connectivity index (χ3v) is 7.11. The Labute approximate surface area is 256 Å². The van der Waals surface area contributed by atoms with E-state index in [1.54, 1.807) is 19.1 Å². The average molecular weight is 630 g/mol. The number of nitrogens with zero attached hydrogens (tertiary/aromatic N) is 3. The summed E-state index contributed by atoms with van der Waals surface area (Å²) in [4.78, 5) is 41.3. The molecule has 1 unspecified atom stereocenters. The maximum absolute atomic E-state index is 13.3. The number of halogens is 3. The molecule has 1 heterocycles. The summed E-state index contributed by atoms with van der Waals surface area (Å²) in [6.45, 7) is 1.74. The minimum atomic E-state index is -0.493. The Morgan fingerprint density at radius 2 is 1.83 bits per heavy atom. The molecule has 1 amide bonds. The van der Waals surface area contributed by atoms with E-state index in [9.17, 15) is 9.59 Å². The maximum Gasteiger partial charge on any atom is 0.309 e. The minimum absolute atomic E-state index is 0.0898. The number of carbonyl (C=O) groups is 2. The van der Waals surface area contributed by atoms with Crippen LogP contribution in [0.4, 0.5) is 5.69 Å². The maximum atomic E-state index is 13.3. The lowest BCUT2D eigenvalue weighted by Crippen LogP contribution is -2.30. The van der Waals surface area contributed by atoms with Crippen molar-refractivity contribution in [1.82, 2.24) is 15.3 Å². The highest BCUT2D eigenvalue weighted by Crippen LogP contribution is 2.33. The molecule has 4 rings (SSSR count). The van der Waals surface area contributed by atoms with E-state index in [0.29, 0.717) is 39.2 Å². The fourth-order valence-electron chi connectivity index (χ4n) is 4.20. The fourth-order valence-corrected chi connectivity index (χ4v) is 5.09. The number of rotatable bonds is 10. The van der Waals surface area contributed by atoms with Gasteiger partial charge >= 0.3 is 5.97 Å². The van der Waals surface area contributed by atoms with E-state index in [1.165, 1.54) is 32.7 Å². The number of H-pyrrole nitrogens is 1. The molecular weight excluding hydrogens is 603 g/mol. The molecule has 0 saturated heterocycles. The summed E-state index contributed by atoms with van der Waals surface area (Å²) in [6, 6.07) is 13.9. The summed E-state index contributed by atoms with van der Waals surface area (Å²) >= 11 is 19.2. The van der Waals surface area contributed by atoms with Crippen molar-refractivity contribution >= 4 is 75.6 Å². The number of ether oxygens (including phenoxy) is 2. The Morgan fingerprint density at radius 3 is 2.50 bits per heavy atom. The molecule has 10 nitrogen and oxygen atoms in total. The van der Waals surface area contributed by atoms with Gasteiger partial charge in [-0.3, -0.25) is 9.59 Å². The minimum Gasteiger partial charge on any atom is -0.495 e. The number of aromatic nitrogens is 2. The Kier molecular flexibility index (Phi) is 10.1. The van der Waals surface area contributed by atoms with Crippen LogP contribution in [0.5, 0.6) is 5.75 Å². The molecule has 3 aromatic carbocycles. The van der Waals surface area contributed by atoms with Gasteiger partial charge in [0.2, 0.25) is 0 Å². The molecule has 1 atom stereocenters. The second kappa shape index (κ2) is 13.7. The van der Waals surface area contributed by atoms with Crippen LogP contribution in [0, 0.1) is 0 Å². The lowest BCUT2D eigenvalue weighted by atomic mass is 9.95.